The maximum Gasteiger partial charge on any atom is 0.574 e. The van der Waals surface area contributed by atoms with E-state index in [9.17, 15) is 13.2 Å². The topological polar surface area (TPSA) is 42.4 Å². The lowest BCUT2D eigenvalue weighted by molar-refractivity contribution is -0.276. The number of aliphatic hydroxyl groups is 1. The number of hydrogen-bond acceptors (Lipinski definition) is 3. The second-order valence-electron chi connectivity index (χ2n) is 2.67. The molecule has 0 saturated carbocycles. The van der Waals surface area contributed by atoms with Gasteiger partial charge in [0.25, 0.3) is 0 Å². The number of rotatable bonds is 2. The zero-order valence-electron chi connectivity index (χ0n) is 7.30. The van der Waals surface area contributed by atoms with Crippen LogP contribution in [-0.2, 0) is 6.61 Å². The Balaban J connectivity index is 2.89. The zero-order valence-corrected chi connectivity index (χ0v) is 7.30. The molecule has 0 aliphatic carbocycles. The van der Waals surface area contributed by atoms with Gasteiger partial charge in [0.05, 0.1) is 6.61 Å². The highest BCUT2D eigenvalue weighted by Crippen LogP contribution is 2.23. The van der Waals surface area contributed by atoms with Crippen LogP contribution in [0.1, 0.15) is 11.1 Å². The van der Waals surface area contributed by atoms with E-state index in [1.807, 2.05) is 0 Å². The minimum absolute atomic E-state index is 0.230. The van der Waals surface area contributed by atoms with Gasteiger partial charge in [-0.2, -0.15) is 0 Å². The van der Waals surface area contributed by atoms with Crippen LogP contribution in [0.3, 0.4) is 0 Å². The Hall–Kier alpha value is -1.30. The van der Waals surface area contributed by atoms with Gasteiger partial charge in [-0.3, -0.25) is 0 Å². The Bertz CT molecular complexity index is 325. The van der Waals surface area contributed by atoms with Crippen molar-refractivity contribution >= 4 is 0 Å². The van der Waals surface area contributed by atoms with Crippen molar-refractivity contribution in [2.24, 2.45) is 0 Å². The van der Waals surface area contributed by atoms with Crippen molar-refractivity contribution in [2.75, 3.05) is 0 Å². The molecular weight excluding hydrogens is 199 g/mol. The Labute approximate surface area is 78.2 Å². The largest absolute Gasteiger partial charge is 0.574 e. The van der Waals surface area contributed by atoms with Crippen LogP contribution >= 0.6 is 0 Å². The fourth-order valence-electron chi connectivity index (χ4n) is 0.923. The molecule has 1 N–H and O–H groups in total. The minimum Gasteiger partial charge on any atom is -0.392 e. The molecule has 0 saturated heterocycles. The zero-order chi connectivity index (χ0) is 10.8. The average molecular weight is 207 g/mol. The summed E-state index contributed by atoms with van der Waals surface area (Å²) in [6.07, 6.45) is -3.60. The van der Waals surface area contributed by atoms with Crippen molar-refractivity contribution < 1.29 is 23.0 Å². The number of aryl methyl sites for hydroxylation is 1. The third-order valence-electron chi connectivity index (χ3n) is 1.48. The van der Waals surface area contributed by atoms with Gasteiger partial charge >= 0.3 is 6.36 Å². The summed E-state index contributed by atoms with van der Waals surface area (Å²) in [6.45, 7) is 1.16. The molecular formula is C8H8F3NO2. The standard InChI is InChI=1S/C8H8F3NO2/c1-5-2-6(4-13)3-12-7(5)14-8(9,10)11/h2-3,13H,4H2,1H3. The summed E-state index contributed by atoms with van der Waals surface area (Å²) in [7, 11) is 0. The number of ether oxygens (including phenoxy) is 1. The predicted octanol–water partition coefficient (Wildman–Crippen LogP) is 1.78. The molecule has 0 amide bonds. The molecule has 0 aliphatic rings. The number of halogens is 3. The van der Waals surface area contributed by atoms with E-state index in [2.05, 4.69) is 9.72 Å². The van der Waals surface area contributed by atoms with Gasteiger partial charge in [-0.1, -0.05) is 0 Å². The molecule has 1 rings (SSSR count). The molecule has 14 heavy (non-hydrogen) atoms. The quantitative estimate of drug-likeness (QED) is 0.803. The first kappa shape index (κ1) is 10.8. The number of aromatic nitrogens is 1. The molecule has 0 aliphatic heterocycles. The van der Waals surface area contributed by atoms with E-state index in [0.717, 1.165) is 6.20 Å². The monoisotopic (exact) mass is 207 g/mol. The Kier molecular flexibility index (Phi) is 2.95. The summed E-state index contributed by atoms with van der Waals surface area (Å²) in [6, 6.07) is 1.38. The lowest BCUT2D eigenvalue weighted by Gasteiger charge is -2.10. The SMILES string of the molecule is Cc1cc(CO)cnc1OC(F)(F)F. The van der Waals surface area contributed by atoms with E-state index in [-0.39, 0.29) is 12.2 Å². The first-order valence-electron chi connectivity index (χ1n) is 3.74. The lowest BCUT2D eigenvalue weighted by Crippen LogP contribution is -2.18. The van der Waals surface area contributed by atoms with E-state index >= 15 is 0 Å². The molecule has 1 aromatic heterocycles. The van der Waals surface area contributed by atoms with Crippen molar-refractivity contribution in [1.29, 1.82) is 0 Å². The number of aliphatic hydroxyl groups excluding tert-OH is 1. The smallest absolute Gasteiger partial charge is 0.392 e. The van der Waals surface area contributed by atoms with E-state index < -0.39 is 12.2 Å². The normalized spacial score (nSPS) is 11.5. The second kappa shape index (κ2) is 3.83. The van der Waals surface area contributed by atoms with Gasteiger partial charge in [0, 0.05) is 11.8 Å². The third-order valence-corrected chi connectivity index (χ3v) is 1.48. The van der Waals surface area contributed by atoms with E-state index in [1.165, 1.54) is 13.0 Å². The number of pyridine rings is 1. The summed E-state index contributed by atoms with van der Waals surface area (Å²) in [4.78, 5) is 3.43. The molecule has 3 nitrogen and oxygen atoms in total. The maximum atomic E-state index is 11.8. The molecule has 1 aromatic rings. The highest BCUT2D eigenvalue weighted by Gasteiger charge is 2.32. The summed E-state index contributed by atoms with van der Waals surface area (Å²) < 4.78 is 39.0. The van der Waals surface area contributed by atoms with Gasteiger partial charge in [0.1, 0.15) is 0 Å². The van der Waals surface area contributed by atoms with Gasteiger partial charge in [0.2, 0.25) is 5.88 Å². The molecule has 1 heterocycles. The highest BCUT2D eigenvalue weighted by atomic mass is 19.4. The Morgan fingerprint density at radius 1 is 1.50 bits per heavy atom. The third kappa shape index (κ3) is 2.88. The van der Waals surface area contributed by atoms with E-state index in [4.69, 9.17) is 5.11 Å². The molecule has 6 heteroatoms. The van der Waals surface area contributed by atoms with Gasteiger partial charge < -0.3 is 9.84 Å². The van der Waals surface area contributed by atoms with Gasteiger partial charge in [-0.05, 0) is 18.6 Å². The molecule has 0 spiro atoms. The summed E-state index contributed by atoms with van der Waals surface area (Å²) in [5.74, 6) is -0.491. The van der Waals surface area contributed by atoms with Gasteiger partial charge in [-0.25, -0.2) is 4.98 Å². The number of hydrogen-bond donors (Lipinski definition) is 1. The van der Waals surface area contributed by atoms with Crippen LogP contribution in [0.25, 0.3) is 0 Å². The molecule has 0 fully saturated rings. The molecule has 0 aromatic carbocycles. The van der Waals surface area contributed by atoms with E-state index in [1.54, 1.807) is 0 Å². The maximum absolute atomic E-state index is 11.8. The fourth-order valence-corrected chi connectivity index (χ4v) is 0.923. The highest BCUT2D eigenvalue weighted by molar-refractivity contribution is 5.28. The lowest BCUT2D eigenvalue weighted by atomic mass is 10.2. The summed E-state index contributed by atoms with van der Waals surface area (Å²) >= 11 is 0. The van der Waals surface area contributed by atoms with Crippen molar-refractivity contribution in [2.45, 2.75) is 19.9 Å². The van der Waals surface area contributed by atoms with Crippen LogP contribution in [0, 0.1) is 6.92 Å². The van der Waals surface area contributed by atoms with E-state index in [0.29, 0.717) is 5.56 Å². The Morgan fingerprint density at radius 3 is 2.57 bits per heavy atom. The summed E-state index contributed by atoms with van der Waals surface area (Å²) in [5, 5.41) is 8.68. The average Bonchev–Trinajstić information content (AvgIpc) is 2.06. The van der Waals surface area contributed by atoms with Crippen molar-refractivity contribution in [3.05, 3.63) is 23.4 Å². The number of alkyl halides is 3. The fraction of sp³-hybridized carbons (Fsp3) is 0.375. The molecule has 0 atom stereocenters. The van der Waals surface area contributed by atoms with Crippen LogP contribution in [0.15, 0.2) is 12.3 Å². The second-order valence-corrected chi connectivity index (χ2v) is 2.67. The van der Waals surface area contributed by atoms with Crippen LogP contribution < -0.4 is 4.74 Å². The molecule has 0 bridgehead atoms. The van der Waals surface area contributed by atoms with Crippen LogP contribution in [-0.4, -0.2) is 16.5 Å². The first-order valence-corrected chi connectivity index (χ1v) is 3.74. The van der Waals surface area contributed by atoms with Gasteiger partial charge in [0.15, 0.2) is 0 Å². The molecule has 0 radical (unpaired) electrons. The van der Waals surface area contributed by atoms with Crippen LogP contribution in [0.4, 0.5) is 13.2 Å². The molecule has 78 valence electrons. The minimum atomic E-state index is -4.74. The van der Waals surface area contributed by atoms with Crippen molar-refractivity contribution in [3.63, 3.8) is 0 Å². The Morgan fingerprint density at radius 2 is 2.14 bits per heavy atom. The molecule has 0 unspecified atom stereocenters. The first-order chi connectivity index (χ1) is 6.42. The van der Waals surface area contributed by atoms with Crippen LogP contribution in [0.2, 0.25) is 0 Å². The van der Waals surface area contributed by atoms with Crippen molar-refractivity contribution in [3.8, 4) is 5.88 Å². The number of nitrogens with zero attached hydrogens (tertiary/aromatic N) is 1. The van der Waals surface area contributed by atoms with Crippen molar-refractivity contribution in [1.82, 2.24) is 4.98 Å². The predicted molar refractivity (Wildman–Crippen MR) is 41.6 cm³/mol. The van der Waals surface area contributed by atoms with Gasteiger partial charge in [-0.15, -0.1) is 13.2 Å². The summed E-state index contributed by atoms with van der Waals surface area (Å²) in [5.41, 5.74) is 0.672. The van der Waals surface area contributed by atoms with Crippen LogP contribution in [0.5, 0.6) is 5.88 Å².